The van der Waals surface area contributed by atoms with Crippen molar-refractivity contribution in [3.63, 3.8) is 0 Å². The Bertz CT molecular complexity index is 1910. The Hall–Kier alpha value is -4.06. The zero-order valence-electron chi connectivity index (χ0n) is 24.6. The minimum Gasteiger partial charge on any atom is -0.458 e. The monoisotopic (exact) mass is 685 g/mol. The fourth-order valence-corrected chi connectivity index (χ4v) is 6.14. The normalized spacial score (nSPS) is 19.3. The van der Waals surface area contributed by atoms with E-state index < -0.39 is 23.0 Å². The van der Waals surface area contributed by atoms with E-state index in [-0.39, 0.29) is 30.1 Å². The number of aromatic nitrogens is 9. The van der Waals surface area contributed by atoms with E-state index in [4.69, 9.17) is 26.1 Å². The van der Waals surface area contributed by atoms with Crippen LogP contribution in [0.25, 0.3) is 22.7 Å². The summed E-state index contributed by atoms with van der Waals surface area (Å²) in [7, 11) is 3.73. The van der Waals surface area contributed by atoms with Crippen LogP contribution in [0.5, 0.6) is 6.01 Å². The number of nitrogens with one attached hydrogen (secondary N) is 1. The third kappa shape index (κ3) is 6.83. The van der Waals surface area contributed by atoms with Gasteiger partial charge in [-0.15, -0.1) is 10.2 Å². The summed E-state index contributed by atoms with van der Waals surface area (Å²) in [5.41, 5.74) is 2.21. The summed E-state index contributed by atoms with van der Waals surface area (Å²) in [5, 5.41) is 13.7. The maximum absolute atomic E-state index is 14.2. The van der Waals surface area contributed by atoms with Crippen LogP contribution >= 0.6 is 11.6 Å². The van der Waals surface area contributed by atoms with Crippen molar-refractivity contribution in [1.82, 2.24) is 49.8 Å². The van der Waals surface area contributed by atoms with Crippen molar-refractivity contribution in [3.8, 4) is 17.5 Å². The Labute approximate surface area is 273 Å². The van der Waals surface area contributed by atoms with E-state index in [0.29, 0.717) is 41.4 Å². The second-order valence-electron chi connectivity index (χ2n) is 11.5. The lowest BCUT2D eigenvalue weighted by Crippen LogP contribution is -2.48. The van der Waals surface area contributed by atoms with Crippen LogP contribution in [0.3, 0.4) is 0 Å². The van der Waals surface area contributed by atoms with E-state index in [1.807, 2.05) is 15.7 Å². The lowest BCUT2D eigenvalue weighted by atomic mass is 9.93. The number of piperidine rings is 1. The third-order valence-electron chi connectivity index (χ3n) is 8.25. The molecule has 18 heteroatoms. The highest BCUT2D eigenvalue weighted by atomic mass is 35.5. The largest absolute Gasteiger partial charge is 0.458 e. The molecule has 0 aliphatic carbocycles. The first-order valence-corrected chi connectivity index (χ1v) is 15.6. The fourth-order valence-electron chi connectivity index (χ4n) is 5.62. The molecule has 2 fully saturated rings. The molecule has 1 atom stereocenters. The number of likely N-dealkylation sites (tertiary alicyclic amines) is 1. The van der Waals surface area contributed by atoms with Crippen molar-refractivity contribution in [2.45, 2.75) is 56.3 Å². The Morgan fingerprint density at radius 1 is 1.11 bits per heavy atom. The van der Waals surface area contributed by atoms with Crippen molar-refractivity contribution in [2.75, 3.05) is 19.7 Å². The van der Waals surface area contributed by atoms with Crippen LogP contribution in [-0.4, -0.2) is 85.0 Å². The zero-order valence-corrected chi connectivity index (χ0v) is 26.4. The standard InChI is InChI=1S/C29H26ClF4N10O2Si/c30-18-2-1-17(19(31)11-18)14-45-27-35-7-3-20(37-27)16-4-8-43(9-5-16)13-23-36-22-12-21(24-38-26(42-40-24)29(32,33)34)39-41-25(22)44(23)15-28(47)6-10-46-28/h1-3,7,11-12,16H,4-6,8-10,13-15H2,(H,38,40,42)/t28-/m1/s1. The number of H-pyrrole nitrogens is 1. The summed E-state index contributed by atoms with van der Waals surface area (Å²) in [6.07, 6.45) is -0.592. The minimum atomic E-state index is -4.67. The Kier molecular flexibility index (Phi) is 8.40. The molecule has 0 saturated carbocycles. The van der Waals surface area contributed by atoms with Gasteiger partial charge in [0.05, 0.1) is 34.3 Å². The smallest absolute Gasteiger partial charge is 0.451 e. The summed E-state index contributed by atoms with van der Waals surface area (Å²) in [4.78, 5) is 19.4. The van der Waals surface area contributed by atoms with Gasteiger partial charge in [-0.1, -0.05) is 17.7 Å². The van der Waals surface area contributed by atoms with Gasteiger partial charge in [-0.3, -0.25) is 10.00 Å². The van der Waals surface area contributed by atoms with E-state index in [0.717, 1.165) is 43.9 Å². The van der Waals surface area contributed by atoms with Gasteiger partial charge in [0.1, 0.15) is 29.5 Å². The molecule has 6 heterocycles. The minimum absolute atomic E-state index is 0.0226. The highest BCUT2D eigenvalue weighted by molar-refractivity contribution is 6.30. The number of ether oxygens (including phenoxy) is 2. The molecule has 0 spiro atoms. The van der Waals surface area contributed by atoms with Crippen LogP contribution in [0.4, 0.5) is 17.6 Å². The number of fused-ring (bicyclic) bond motifs is 1. The molecule has 5 aromatic rings. The number of imidazole rings is 1. The van der Waals surface area contributed by atoms with Crippen LogP contribution in [-0.2, 0) is 30.6 Å². The van der Waals surface area contributed by atoms with Gasteiger partial charge in [-0.2, -0.15) is 23.3 Å². The van der Waals surface area contributed by atoms with E-state index in [9.17, 15) is 17.6 Å². The van der Waals surface area contributed by atoms with E-state index >= 15 is 0 Å². The number of nitrogens with zero attached hydrogens (tertiary/aromatic N) is 9. The first-order chi connectivity index (χ1) is 22.5. The molecule has 47 heavy (non-hydrogen) atoms. The molecule has 2 aliphatic heterocycles. The lowest BCUT2D eigenvalue weighted by molar-refractivity contribution is -0.144. The predicted molar refractivity (Wildman–Crippen MR) is 160 cm³/mol. The second kappa shape index (κ2) is 12.5. The Balaban J connectivity index is 1.05. The van der Waals surface area contributed by atoms with Crippen LogP contribution in [0.1, 0.15) is 48.1 Å². The van der Waals surface area contributed by atoms with E-state index in [1.165, 1.54) is 12.1 Å². The average molecular weight is 686 g/mol. The first kappa shape index (κ1) is 31.5. The maximum atomic E-state index is 14.2. The van der Waals surface area contributed by atoms with Crippen molar-refractivity contribution in [1.29, 1.82) is 0 Å². The number of benzene rings is 1. The van der Waals surface area contributed by atoms with Crippen LogP contribution < -0.4 is 4.74 Å². The lowest BCUT2D eigenvalue weighted by Gasteiger charge is -2.39. The molecule has 2 saturated heterocycles. The molecular formula is C29H26ClF4N10O2Si. The van der Waals surface area contributed by atoms with Gasteiger partial charge < -0.3 is 14.0 Å². The molecular weight excluding hydrogens is 660 g/mol. The molecule has 4 aromatic heterocycles. The molecule has 7 rings (SSSR count). The summed E-state index contributed by atoms with van der Waals surface area (Å²) >= 11 is 5.84. The van der Waals surface area contributed by atoms with E-state index in [2.05, 4.69) is 45.4 Å². The molecule has 243 valence electrons. The van der Waals surface area contributed by atoms with Gasteiger partial charge >= 0.3 is 12.2 Å². The molecule has 0 unspecified atom stereocenters. The second-order valence-corrected chi connectivity index (χ2v) is 12.8. The average Bonchev–Trinajstić information content (AvgIpc) is 3.66. The number of hydrogen-bond acceptors (Lipinski definition) is 10. The van der Waals surface area contributed by atoms with Crippen LogP contribution in [0, 0.1) is 5.82 Å². The van der Waals surface area contributed by atoms with Crippen molar-refractivity contribution in [2.24, 2.45) is 0 Å². The summed E-state index contributed by atoms with van der Waals surface area (Å²) in [5.74, 6) is -1.00. The maximum Gasteiger partial charge on any atom is 0.451 e. The van der Waals surface area contributed by atoms with Gasteiger partial charge in [0.2, 0.25) is 11.6 Å². The van der Waals surface area contributed by atoms with Crippen molar-refractivity contribution in [3.05, 3.63) is 70.3 Å². The van der Waals surface area contributed by atoms with Crippen molar-refractivity contribution < 1.29 is 27.0 Å². The van der Waals surface area contributed by atoms with Crippen LogP contribution in [0.15, 0.2) is 36.5 Å². The van der Waals surface area contributed by atoms with Gasteiger partial charge in [0.25, 0.3) is 0 Å². The van der Waals surface area contributed by atoms with Gasteiger partial charge in [0.15, 0.2) is 5.65 Å². The van der Waals surface area contributed by atoms with Gasteiger partial charge in [-0.05, 0) is 56.6 Å². The molecule has 1 aromatic carbocycles. The molecule has 2 aliphatic rings. The topological polar surface area (TPSA) is 133 Å². The molecule has 0 amide bonds. The van der Waals surface area contributed by atoms with E-state index in [1.54, 1.807) is 18.3 Å². The first-order valence-electron chi connectivity index (χ1n) is 14.8. The molecule has 1 N–H and O–H groups in total. The van der Waals surface area contributed by atoms with Crippen molar-refractivity contribution >= 4 is 33.0 Å². The number of aromatic amines is 1. The Morgan fingerprint density at radius 3 is 2.62 bits per heavy atom. The summed E-state index contributed by atoms with van der Waals surface area (Å²) in [6, 6.07) is 7.98. The zero-order chi connectivity index (χ0) is 32.8. The molecule has 3 radical (unpaired) electrons. The molecule has 0 bridgehead atoms. The number of hydrogen-bond donors (Lipinski definition) is 1. The SMILES string of the molecule is Fc1cc(Cl)ccc1COc1nccc(C2CCN(Cc3nc4cc(-c5n[nH]c(C(F)(F)F)n5)nnc4n3C[C@]3([Si])CCO3)CC2)n1. The summed E-state index contributed by atoms with van der Waals surface area (Å²) in [6.45, 7) is 3.04. The molecule has 12 nitrogen and oxygen atoms in total. The fraction of sp³-hybridized carbons (Fsp3) is 0.414. The number of rotatable bonds is 9. The predicted octanol–water partition coefficient (Wildman–Crippen LogP) is 4.46. The number of halogens is 5. The van der Waals surface area contributed by atoms with Crippen LogP contribution in [0.2, 0.25) is 5.02 Å². The summed E-state index contributed by atoms with van der Waals surface area (Å²) < 4.78 is 66.7. The quantitative estimate of drug-likeness (QED) is 0.175. The third-order valence-corrected chi connectivity index (χ3v) is 9.04. The highest BCUT2D eigenvalue weighted by Crippen LogP contribution is 2.32. The van der Waals surface area contributed by atoms with Gasteiger partial charge in [-0.25, -0.2) is 19.3 Å². The Morgan fingerprint density at radius 2 is 1.91 bits per heavy atom. The van der Waals surface area contributed by atoms with Gasteiger partial charge in [0, 0.05) is 29.3 Å². The highest BCUT2D eigenvalue weighted by Gasteiger charge is 2.37. The number of alkyl halides is 3.